The molecule has 2 atom stereocenters. The fraction of sp³-hybridized carbons (Fsp3) is 0.588. The van der Waals surface area contributed by atoms with Crippen molar-refractivity contribution in [3.8, 4) is 0 Å². The molecule has 114 valence electrons. The van der Waals surface area contributed by atoms with E-state index in [0.29, 0.717) is 5.92 Å². The third-order valence-electron chi connectivity index (χ3n) is 5.50. The third-order valence-corrected chi connectivity index (χ3v) is 5.50. The zero-order valence-electron chi connectivity index (χ0n) is 12.7. The van der Waals surface area contributed by atoms with Crippen molar-refractivity contribution in [3.63, 3.8) is 0 Å². The van der Waals surface area contributed by atoms with Gasteiger partial charge in [-0.2, -0.15) is 0 Å². The molecule has 1 aromatic carbocycles. The van der Waals surface area contributed by atoms with Crippen LogP contribution in [0.3, 0.4) is 0 Å². The van der Waals surface area contributed by atoms with Crippen LogP contribution < -0.4 is 11.1 Å². The maximum atomic E-state index is 11.9. The molecule has 3 rings (SSSR count). The molecule has 2 amide bonds. The summed E-state index contributed by atoms with van der Waals surface area (Å²) in [7, 11) is 0. The molecule has 21 heavy (non-hydrogen) atoms. The minimum absolute atomic E-state index is 0.222. The number of hydrogen-bond acceptors (Lipinski definition) is 2. The average Bonchev–Trinajstić information content (AvgIpc) is 2.87. The van der Waals surface area contributed by atoms with Crippen molar-refractivity contribution in [1.29, 1.82) is 0 Å². The van der Waals surface area contributed by atoms with Crippen molar-refractivity contribution in [2.75, 3.05) is 19.6 Å². The Morgan fingerprint density at radius 2 is 1.95 bits per heavy atom. The third kappa shape index (κ3) is 2.53. The second-order valence-electron chi connectivity index (χ2n) is 6.54. The highest BCUT2D eigenvalue weighted by Gasteiger charge is 2.51. The van der Waals surface area contributed by atoms with E-state index in [-0.39, 0.29) is 17.5 Å². The highest BCUT2D eigenvalue weighted by atomic mass is 16.2. The summed E-state index contributed by atoms with van der Waals surface area (Å²) < 4.78 is 0. The van der Waals surface area contributed by atoms with Gasteiger partial charge in [0.1, 0.15) is 0 Å². The number of primary amides is 1. The highest BCUT2D eigenvalue weighted by Crippen LogP contribution is 2.49. The summed E-state index contributed by atoms with van der Waals surface area (Å²) in [5.74, 6) is 0.319. The first-order valence-corrected chi connectivity index (χ1v) is 7.96. The van der Waals surface area contributed by atoms with Crippen molar-refractivity contribution in [2.24, 2.45) is 11.1 Å². The lowest BCUT2D eigenvalue weighted by atomic mass is 9.68. The Morgan fingerprint density at radius 1 is 1.29 bits per heavy atom. The van der Waals surface area contributed by atoms with Crippen molar-refractivity contribution in [2.45, 2.75) is 38.1 Å². The first-order chi connectivity index (χ1) is 10.1. The molecule has 0 saturated carbocycles. The Hall–Kier alpha value is -1.55. The molecular formula is C17H25N3O. The van der Waals surface area contributed by atoms with Crippen LogP contribution in [0, 0.1) is 5.41 Å². The number of likely N-dealkylation sites (tertiary alicyclic amines) is 1. The molecule has 0 bridgehead atoms. The molecule has 3 N–H and O–H groups in total. The summed E-state index contributed by atoms with van der Waals surface area (Å²) in [6.45, 7) is 5.14. The van der Waals surface area contributed by atoms with Crippen LogP contribution in [0.4, 0.5) is 4.79 Å². The number of nitrogens with one attached hydrogen (secondary N) is 1. The monoisotopic (exact) mass is 287 g/mol. The molecule has 4 heteroatoms. The fourth-order valence-corrected chi connectivity index (χ4v) is 4.42. The van der Waals surface area contributed by atoms with Gasteiger partial charge < -0.3 is 16.0 Å². The second-order valence-corrected chi connectivity index (χ2v) is 6.54. The number of piperidine rings is 1. The van der Waals surface area contributed by atoms with E-state index in [4.69, 9.17) is 5.73 Å². The van der Waals surface area contributed by atoms with E-state index in [1.54, 1.807) is 0 Å². The molecule has 2 fully saturated rings. The van der Waals surface area contributed by atoms with Gasteiger partial charge in [-0.1, -0.05) is 37.3 Å². The van der Waals surface area contributed by atoms with Crippen LogP contribution in [0.5, 0.6) is 0 Å². The molecule has 2 aliphatic rings. The molecule has 1 aromatic rings. The van der Waals surface area contributed by atoms with Gasteiger partial charge >= 0.3 is 6.03 Å². The maximum absolute atomic E-state index is 11.9. The molecule has 2 saturated heterocycles. The predicted molar refractivity (Wildman–Crippen MR) is 84.1 cm³/mol. The standard InChI is InChI=1S/C17H25N3O/c1-13(14-5-3-2-4-6-14)15-17(7-10-19-11-8-17)9-12-20(15)16(18)21/h2-6,13,15,19H,7-12H2,1H3,(H2,18,21)/t13-,15?/m1/s1. The van der Waals surface area contributed by atoms with Crippen molar-refractivity contribution < 1.29 is 4.79 Å². The van der Waals surface area contributed by atoms with Crippen LogP contribution in [-0.4, -0.2) is 36.6 Å². The summed E-state index contributed by atoms with van der Waals surface area (Å²) >= 11 is 0. The van der Waals surface area contributed by atoms with Crippen molar-refractivity contribution >= 4 is 6.03 Å². The minimum Gasteiger partial charge on any atom is -0.351 e. The largest absolute Gasteiger partial charge is 0.351 e. The van der Waals surface area contributed by atoms with Crippen molar-refractivity contribution in [3.05, 3.63) is 35.9 Å². The van der Waals surface area contributed by atoms with Gasteiger partial charge in [-0.15, -0.1) is 0 Å². The Labute approximate surface area is 126 Å². The van der Waals surface area contributed by atoms with Gasteiger partial charge in [0, 0.05) is 18.5 Å². The van der Waals surface area contributed by atoms with E-state index in [1.807, 2.05) is 11.0 Å². The van der Waals surface area contributed by atoms with Crippen LogP contribution in [0.15, 0.2) is 30.3 Å². The fourth-order valence-electron chi connectivity index (χ4n) is 4.42. The van der Waals surface area contributed by atoms with E-state index in [0.717, 1.165) is 38.9 Å². The Kier molecular flexibility index (Phi) is 3.89. The molecule has 0 aromatic heterocycles. The average molecular weight is 287 g/mol. The number of nitrogens with zero attached hydrogens (tertiary/aromatic N) is 1. The van der Waals surface area contributed by atoms with Crippen LogP contribution >= 0.6 is 0 Å². The van der Waals surface area contributed by atoms with E-state index in [2.05, 4.69) is 36.5 Å². The number of hydrogen-bond donors (Lipinski definition) is 2. The summed E-state index contributed by atoms with van der Waals surface area (Å²) in [4.78, 5) is 13.8. The molecule has 4 nitrogen and oxygen atoms in total. The summed E-state index contributed by atoms with van der Waals surface area (Å²) in [5.41, 5.74) is 7.20. The molecule has 1 unspecified atom stereocenters. The summed E-state index contributed by atoms with van der Waals surface area (Å²) in [5, 5.41) is 3.44. The Bertz CT molecular complexity index is 496. The Balaban J connectivity index is 1.94. The van der Waals surface area contributed by atoms with Gasteiger partial charge in [-0.3, -0.25) is 0 Å². The van der Waals surface area contributed by atoms with Crippen LogP contribution in [0.2, 0.25) is 0 Å². The topological polar surface area (TPSA) is 58.4 Å². The first kappa shape index (κ1) is 14.4. The lowest BCUT2D eigenvalue weighted by Crippen LogP contribution is -2.51. The molecule has 2 aliphatic heterocycles. The van der Waals surface area contributed by atoms with Crippen molar-refractivity contribution in [1.82, 2.24) is 10.2 Å². The van der Waals surface area contributed by atoms with Gasteiger partial charge in [0.05, 0.1) is 0 Å². The SMILES string of the molecule is C[C@H](c1ccccc1)C1N(C(N)=O)CCC12CCNCC2. The number of urea groups is 1. The highest BCUT2D eigenvalue weighted by molar-refractivity contribution is 5.73. The van der Waals surface area contributed by atoms with E-state index in [1.165, 1.54) is 5.56 Å². The van der Waals surface area contributed by atoms with Gasteiger partial charge in [-0.05, 0) is 43.3 Å². The van der Waals surface area contributed by atoms with E-state index < -0.39 is 0 Å². The molecule has 0 aliphatic carbocycles. The number of rotatable bonds is 2. The van der Waals surface area contributed by atoms with E-state index in [9.17, 15) is 4.79 Å². The zero-order chi connectivity index (χ0) is 14.9. The van der Waals surface area contributed by atoms with Gasteiger partial charge in [0.25, 0.3) is 0 Å². The minimum atomic E-state index is -0.266. The van der Waals surface area contributed by atoms with Gasteiger partial charge in [0.2, 0.25) is 0 Å². The van der Waals surface area contributed by atoms with Crippen LogP contribution in [-0.2, 0) is 0 Å². The quantitative estimate of drug-likeness (QED) is 0.877. The van der Waals surface area contributed by atoms with Gasteiger partial charge in [-0.25, -0.2) is 4.79 Å². The molecule has 1 spiro atoms. The van der Waals surface area contributed by atoms with Crippen LogP contribution in [0.1, 0.15) is 37.7 Å². The summed E-state index contributed by atoms with van der Waals surface area (Å²) in [6.07, 6.45) is 3.36. The van der Waals surface area contributed by atoms with Gasteiger partial charge in [0.15, 0.2) is 0 Å². The normalized spacial score (nSPS) is 26.0. The zero-order valence-corrected chi connectivity index (χ0v) is 12.7. The second kappa shape index (κ2) is 5.68. The maximum Gasteiger partial charge on any atom is 0.315 e. The predicted octanol–water partition coefficient (Wildman–Crippen LogP) is 2.31. The smallest absolute Gasteiger partial charge is 0.315 e. The number of benzene rings is 1. The number of carbonyl (C=O) groups excluding carboxylic acids is 1. The molecule has 0 radical (unpaired) electrons. The van der Waals surface area contributed by atoms with Crippen LogP contribution in [0.25, 0.3) is 0 Å². The molecular weight excluding hydrogens is 262 g/mol. The first-order valence-electron chi connectivity index (χ1n) is 7.96. The Morgan fingerprint density at radius 3 is 2.57 bits per heavy atom. The number of amides is 2. The summed E-state index contributed by atoms with van der Waals surface area (Å²) in [6, 6.07) is 10.5. The number of nitrogens with two attached hydrogens (primary N) is 1. The lowest BCUT2D eigenvalue weighted by molar-refractivity contribution is 0.111. The lowest BCUT2D eigenvalue weighted by Gasteiger charge is -2.44. The molecule has 2 heterocycles. The number of carbonyl (C=O) groups is 1. The van der Waals surface area contributed by atoms with E-state index >= 15 is 0 Å².